The number of rotatable bonds is 4. The van der Waals surface area contributed by atoms with Gasteiger partial charge in [0.2, 0.25) is 5.91 Å². The number of nitro groups is 1. The Morgan fingerprint density at radius 3 is 2.14 bits per heavy atom. The molecule has 0 unspecified atom stereocenters. The molecule has 0 saturated carbocycles. The summed E-state index contributed by atoms with van der Waals surface area (Å²) in [5.41, 5.74) is 3.33. The van der Waals surface area contributed by atoms with Gasteiger partial charge in [0, 0.05) is 24.6 Å². The maximum absolute atomic E-state index is 12.3. The first-order chi connectivity index (χ1) is 10.5. The van der Waals surface area contributed by atoms with Gasteiger partial charge >= 0.3 is 0 Å². The van der Waals surface area contributed by atoms with Crippen LogP contribution in [-0.4, -0.2) is 21.7 Å². The molecule has 0 atom stereocenters. The van der Waals surface area contributed by atoms with Crippen molar-refractivity contribution in [1.29, 1.82) is 0 Å². The van der Waals surface area contributed by atoms with Gasteiger partial charge in [-0.25, -0.2) is 0 Å². The molecule has 0 aliphatic rings. The SMILES string of the molecule is CC(=O)N(Nc1ccc([N+](=O)[O-])cc1)C(=O)c1ccccc1. The molecule has 1 N–H and O–H groups in total. The Balaban J connectivity index is 2.20. The number of nitro benzene ring substituents is 1. The average Bonchev–Trinajstić information content (AvgIpc) is 2.53. The number of hydrogen-bond donors (Lipinski definition) is 1. The van der Waals surface area contributed by atoms with Gasteiger partial charge in [0.15, 0.2) is 0 Å². The van der Waals surface area contributed by atoms with Crippen molar-refractivity contribution in [3.63, 3.8) is 0 Å². The second kappa shape index (κ2) is 6.49. The van der Waals surface area contributed by atoms with Crippen molar-refractivity contribution < 1.29 is 14.5 Å². The number of nitrogens with one attached hydrogen (secondary N) is 1. The molecular weight excluding hydrogens is 286 g/mol. The van der Waals surface area contributed by atoms with Crippen LogP contribution in [0.5, 0.6) is 0 Å². The third-order valence-corrected chi connectivity index (χ3v) is 2.86. The first-order valence-electron chi connectivity index (χ1n) is 6.40. The maximum atomic E-state index is 12.3. The first-order valence-corrected chi connectivity index (χ1v) is 6.40. The van der Waals surface area contributed by atoms with Crippen LogP contribution in [-0.2, 0) is 4.79 Å². The molecule has 0 aromatic heterocycles. The van der Waals surface area contributed by atoms with E-state index in [0.29, 0.717) is 11.3 Å². The van der Waals surface area contributed by atoms with E-state index in [9.17, 15) is 19.7 Å². The predicted molar refractivity (Wildman–Crippen MR) is 80.0 cm³/mol. The Morgan fingerprint density at radius 2 is 1.64 bits per heavy atom. The summed E-state index contributed by atoms with van der Waals surface area (Å²) in [7, 11) is 0. The van der Waals surface area contributed by atoms with E-state index in [1.807, 2.05) is 0 Å². The molecule has 0 spiro atoms. The highest BCUT2D eigenvalue weighted by Gasteiger charge is 2.20. The van der Waals surface area contributed by atoms with Crippen molar-refractivity contribution in [1.82, 2.24) is 5.01 Å². The number of non-ortho nitro benzene ring substituents is 1. The van der Waals surface area contributed by atoms with Crippen LogP contribution in [0, 0.1) is 10.1 Å². The fourth-order valence-corrected chi connectivity index (χ4v) is 1.77. The van der Waals surface area contributed by atoms with Crippen LogP contribution in [0.25, 0.3) is 0 Å². The number of hydrogen-bond acceptors (Lipinski definition) is 5. The van der Waals surface area contributed by atoms with Gasteiger partial charge in [-0.3, -0.25) is 25.1 Å². The molecule has 2 amide bonds. The molecule has 2 aromatic carbocycles. The third-order valence-electron chi connectivity index (χ3n) is 2.86. The molecule has 112 valence electrons. The second-order valence-corrected chi connectivity index (χ2v) is 4.44. The van der Waals surface area contributed by atoms with Gasteiger partial charge in [-0.05, 0) is 24.3 Å². The van der Waals surface area contributed by atoms with Crippen molar-refractivity contribution in [2.24, 2.45) is 0 Å². The van der Waals surface area contributed by atoms with E-state index in [1.165, 1.54) is 31.2 Å². The topological polar surface area (TPSA) is 92.6 Å². The van der Waals surface area contributed by atoms with Gasteiger partial charge in [-0.15, -0.1) is 0 Å². The number of benzene rings is 2. The minimum absolute atomic E-state index is 0.0747. The van der Waals surface area contributed by atoms with Crippen molar-refractivity contribution >= 4 is 23.2 Å². The lowest BCUT2D eigenvalue weighted by atomic mass is 10.2. The highest BCUT2D eigenvalue weighted by Crippen LogP contribution is 2.17. The van der Waals surface area contributed by atoms with E-state index in [2.05, 4.69) is 5.43 Å². The summed E-state index contributed by atoms with van der Waals surface area (Å²) in [6.45, 7) is 1.25. The van der Waals surface area contributed by atoms with E-state index in [4.69, 9.17) is 0 Å². The number of carbonyl (C=O) groups excluding carboxylic acids is 2. The van der Waals surface area contributed by atoms with E-state index in [1.54, 1.807) is 30.3 Å². The minimum Gasteiger partial charge on any atom is -0.289 e. The Kier molecular flexibility index (Phi) is 4.47. The second-order valence-electron chi connectivity index (χ2n) is 4.44. The molecule has 7 nitrogen and oxygen atoms in total. The number of nitrogens with zero attached hydrogens (tertiary/aromatic N) is 2. The standard InChI is InChI=1S/C15H13N3O4/c1-11(19)17(15(20)12-5-3-2-4-6-12)16-13-7-9-14(10-8-13)18(21)22/h2-10,16H,1H3. The van der Waals surface area contributed by atoms with Crippen LogP contribution in [0.15, 0.2) is 54.6 Å². The maximum Gasteiger partial charge on any atom is 0.279 e. The highest BCUT2D eigenvalue weighted by molar-refractivity contribution is 6.04. The first kappa shape index (κ1) is 15.2. The van der Waals surface area contributed by atoms with Gasteiger partial charge in [0.05, 0.1) is 10.6 Å². The van der Waals surface area contributed by atoms with Crippen LogP contribution < -0.4 is 5.43 Å². The molecule has 0 aliphatic heterocycles. The number of carbonyl (C=O) groups is 2. The molecule has 0 heterocycles. The fraction of sp³-hybridized carbons (Fsp3) is 0.0667. The van der Waals surface area contributed by atoms with Crippen molar-refractivity contribution in [3.8, 4) is 0 Å². The van der Waals surface area contributed by atoms with Crippen molar-refractivity contribution in [2.45, 2.75) is 6.92 Å². The van der Waals surface area contributed by atoms with E-state index < -0.39 is 16.7 Å². The van der Waals surface area contributed by atoms with Crippen molar-refractivity contribution in [2.75, 3.05) is 5.43 Å². The zero-order valence-corrected chi connectivity index (χ0v) is 11.7. The van der Waals surface area contributed by atoms with Crippen LogP contribution in [0.4, 0.5) is 11.4 Å². The largest absolute Gasteiger partial charge is 0.289 e. The highest BCUT2D eigenvalue weighted by atomic mass is 16.6. The Bertz CT molecular complexity index is 698. The lowest BCUT2D eigenvalue weighted by Gasteiger charge is -2.21. The molecule has 0 bridgehead atoms. The van der Waals surface area contributed by atoms with E-state index >= 15 is 0 Å². The summed E-state index contributed by atoms with van der Waals surface area (Å²) in [6.07, 6.45) is 0. The van der Waals surface area contributed by atoms with E-state index in [-0.39, 0.29) is 5.69 Å². The predicted octanol–water partition coefficient (Wildman–Crippen LogP) is 2.61. The monoisotopic (exact) mass is 299 g/mol. The Hall–Kier alpha value is -3.22. The molecule has 0 aliphatic carbocycles. The molecule has 2 aromatic rings. The summed E-state index contributed by atoms with van der Waals surface area (Å²) in [6, 6.07) is 13.7. The number of imide groups is 1. The van der Waals surface area contributed by atoms with Crippen LogP contribution >= 0.6 is 0 Å². The molecule has 2 rings (SSSR count). The molecule has 0 saturated heterocycles. The number of anilines is 1. The zero-order valence-electron chi connectivity index (χ0n) is 11.7. The fourth-order valence-electron chi connectivity index (χ4n) is 1.77. The van der Waals surface area contributed by atoms with E-state index in [0.717, 1.165) is 5.01 Å². The average molecular weight is 299 g/mol. The van der Waals surface area contributed by atoms with Crippen LogP contribution in [0.1, 0.15) is 17.3 Å². The van der Waals surface area contributed by atoms with Gasteiger partial charge in [0.25, 0.3) is 11.6 Å². The lowest BCUT2D eigenvalue weighted by molar-refractivity contribution is -0.384. The normalized spacial score (nSPS) is 9.86. The van der Waals surface area contributed by atoms with Crippen LogP contribution in [0.2, 0.25) is 0 Å². The van der Waals surface area contributed by atoms with Gasteiger partial charge in [0.1, 0.15) is 0 Å². The molecular formula is C15H13N3O4. The number of hydrazine groups is 1. The molecule has 0 radical (unpaired) electrons. The van der Waals surface area contributed by atoms with Crippen LogP contribution in [0.3, 0.4) is 0 Å². The van der Waals surface area contributed by atoms with Gasteiger partial charge < -0.3 is 0 Å². The molecule has 0 fully saturated rings. The lowest BCUT2D eigenvalue weighted by Crippen LogP contribution is -2.39. The quantitative estimate of drug-likeness (QED) is 0.692. The van der Waals surface area contributed by atoms with Gasteiger partial charge in [-0.1, -0.05) is 18.2 Å². The zero-order chi connectivity index (χ0) is 16.1. The summed E-state index contributed by atoms with van der Waals surface area (Å²) in [4.78, 5) is 34.0. The van der Waals surface area contributed by atoms with Crippen molar-refractivity contribution in [3.05, 3.63) is 70.3 Å². The summed E-state index contributed by atoms with van der Waals surface area (Å²) in [5.74, 6) is -1.00. The Labute approximate surface area is 126 Å². The minimum atomic E-state index is -0.526. The summed E-state index contributed by atoms with van der Waals surface area (Å²) in [5, 5.41) is 11.5. The molecule has 7 heteroatoms. The smallest absolute Gasteiger partial charge is 0.279 e. The summed E-state index contributed by atoms with van der Waals surface area (Å²) >= 11 is 0. The van der Waals surface area contributed by atoms with Gasteiger partial charge in [-0.2, -0.15) is 5.01 Å². The Morgan fingerprint density at radius 1 is 1.05 bits per heavy atom. The molecule has 22 heavy (non-hydrogen) atoms. The number of amides is 2. The third kappa shape index (κ3) is 3.45. The summed E-state index contributed by atoms with van der Waals surface area (Å²) < 4.78 is 0.